The number of nitrogens with one attached hydrogen (secondary N) is 4. The van der Waals surface area contributed by atoms with Crippen LogP contribution in [0.25, 0.3) is 0 Å². The number of Topliss-reactive ketones (excluding diaryl/α,β-unsaturated/α-hetero) is 1. The number of piperidine rings is 1. The van der Waals surface area contributed by atoms with Crippen molar-refractivity contribution in [3.63, 3.8) is 0 Å². The van der Waals surface area contributed by atoms with Crippen molar-refractivity contribution in [2.45, 2.75) is 141 Å². The lowest BCUT2D eigenvalue weighted by atomic mass is 9.77. The van der Waals surface area contributed by atoms with E-state index in [1.807, 2.05) is 27.7 Å². The fraction of sp³-hybridized carbons (Fsp3) is 0.806. The second kappa shape index (κ2) is 15.1. The summed E-state index contributed by atoms with van der Waals surface area (Å²) in [5.41, 5.74) is -1.85. The summed E-state index contributed by atoms with van der Waals surface area (Å²) in [5.74, 6) is -2.41. The van der Waals surface area contributed by atoms with E-state index in [4.69, 9.17) is 0 Å². The minimum Gasteiger partial charge on any atom is -0.346 e. The minimum atomic E-state index is -3.39. The molecule has 0 aromatic heterocycles. The predicted octanol–water partition coefficient (Wildman–Crippen LogP) is 3.40. The van der Waals surface area contributed by atoms with Crippen LogP contribution in [0.15, 0.2) is 12.7 Å². The number of ketones is 1. The van der Waals surface area contributed by atoms with E-state index < -0.39 is 73.7 Å². The summed E-state index contributed by atoms with van der Waals surface area (Å²) in [5, 5.41) is 10.7. The molecule has 5 amide bonds. The smallest absolute Gasteiger partial charge is 0.315 e. The Balaban J connectivity index is 1.56. The molecule has 2 heterocycles. The first-order valence-corrected chi connectivity index (χ1v) is 20.0. The number of carbonyl (C=O) groups is 5. The van der Waals surface area contributed by atoms with Crippen molar-refractivity contribution in [2.75, 3.05) is 18.8 Å². The Morgan fingerprint density at radius 3 is 2.27 bits per heavy atom. The van der Waals surface area contributed by atoms with E-state index in [2.05, 4.69) is 41.7 Å². The molecule has 2 aliphatic carbocycles. The van der Waals surface area contributed by atoms with Gasteiger partial charge < -0.3 is 26.2 Å². The summed E-state index contributed by atoms with van der Waals surface area (Å²) in [4.78, 5) is 69.6. The summed E-state index contributed by atoms with van der Waals surface area (Å²) in [7, 11) is -3.39. The average molecular weight is 706 g/mol. The zero-order valence-electron chi connectivity index (χ0n) is 30.4. The Kier molecular flexibility index (Phi) is 12.0. The van der Waals surface area contributed by atoms with Crippen LogP contribution >= 0.6 is 0 Å². The second-order valence-corrected chi connectivity index (χ2v) is 18.7. The van der Waals surface area contributed by atoms with Gasteiger partial charge in [-0.3, -0.25) is 19.2 Å². The summed E-state index contributed by atoms with van der Waals surface area (Å²) in [6.45, 7) is 15.6. The highest BCUT2D eigenvalue weighted by atomic mass is 32.2. The van der Waals surface area contributed by atoms with Crippen molar-refractivity contribution in [3.8, 4) is 0 Å². The van der Waals surface area contributed by atoms with Gasteiger partial charge in [0.2, 0.25) is 17.6 Å². The Bertz CT molecular complexity index is 1400. The summed E-state index contributed by atoms with van der Waals surface area (Å²) in [6, 6.07) is -3.53. The van der Waals surface area contributed by atoms with E-state index in [-0.39, 0.29) is 36.0 Å². The zero-order chi connectivity index (χ0) is 36.4. The van der Waals surface area contributed by atoms with Gasteiger partial charge in [0, 0.05) is 13.1 Å². The predicted molar refractivity (Wildman–Crippen MR) is 188 cm³/mol. The maximum absolute atomic E-state index is 14.5. The molecule has 12 nitrogen and oxygen atoms in total. The third-order valence-electron chi connectivity index (χ3n) is 11.6. The van der Waals surface area contributed by atoms with E-state index >= 15 is 0 Å². The van der Waals surface area contributed by atoms with Crippen molar-refractivity contribution < 1.29 is 32.4 Å². The molecule has 276 valence electrons. The molecule has 2 saturated carbocycles. The highest BCUT2D eigenvalue weighted by molar-refractivity contribution is 7.92. The molecule has 2 saturated heterocycles. The number of hydrogen-bond donors (Lipinski definition) is 4. The van der Waals surface area contributed by atoms with Gasteiger partial charge >= 0.3 is 6.03 Å². The van der Waals surface area contributed by atoms with Crippen molar-refractivity contribution >= 4 is 39.4 Å². The number of urea groups is 1. The molecule has 2 aliphatic heterocycles. The molecular weight excluding hydrogens is 646 g/mol. The lowest BCUT2D eigenvalue weighted by Crippen LogP contribution is -2.66. The topological polar surface area (TPSA) is 171 Å². The first kappa shape index (κ1) is 38.8. The number of hydrogen-bond acceptors (Lipinski definition) is 7. The summed E-state index contributed by atoms with van der Waals surface area (Å²) in [6.07, 6.45) is 8.78. The quantitative estimate of drug-likeness (QED) is 0.168. The Morgan fingerprint density at radius 1 is 1.00 bits per heavy atom. The molecule has 0 spiro atoms. The van der Waals surface area contributed by atoms with Crippen LogP contribution in [0.4, 0.5) is 4.79 Å². The first-order chi connectivity index (χ1) is 22.9. The zero-order valence-corrected chi connectivity index (χ0v) is 31.2. The number of likely N-dealkylation sites (tertiary alicyclic amines) is 1. The van der Waals surface area contributed by atoms with Crippen LogP contribution in [-0.2, 0) is 29.0 Å². The van der Waals surface area contributed by atoms with Crippen molar-refractivity contribution in [1.82, 2.24) is 26.2 Å². The number of carbonyl (C=O) groups excluding carboxylic acids is 5. The fourth-order valence-electron chi connectivity index (χ4n) is 8.65. The second-order valence-electron chi connectivity index (χ2n) is 16.4. The number of rotatable bonds is 13. The van der Waals surface area contributed by atoms with Gasteiger partial charge in [-0.25, -0.2) is 13.2 Å². The molecule has 0 radical (unpaired) electrons. The molecule has 4 fully saturated rings. The number of nitrogens with zero attached hydrogens (tertiary/aromatic N) is 1. The van der Waals surface area contributed by atoms with E-state index in [0.29, 0.717) is 38.6 Å². The Morgan fingerprint density at radius 2 is 1.67 bits per heavy atom. The molecule has 13 heteroatoms. The largest absolute Gasteiger partial charge is 0.346 e. The van der Waals surface area contributed by atoms with E-state index in [0.717, 1.165) is 32.1 Å². The van der Waals surface area contributed by atoms with E-state index in [9.17, 15) is 32.4 Å². The van der Waals surface area contributed by atoms with Crippen molar-refractivity contribution in [3.05, 3.63) is 12.7 Å². The number of sulfone groups is 1. The summed E-state index contributed by atoms with van der Waals surface area (Å²) >= 11 is 0. The fourth-order valence-corrected chi connectivity index (χ4v) is 11.0. The summed E-state index contributed by atoms with van der Waals surface area (Å²) < 4.78 is 26.5. The standard InChI is InChI=1S/C36H59N5O7S/c1-8-10-16-24(28(42)31(44)37-20-9-2)38-30(43)27-26-23(35(26,6)7)22-41(27)32(45)29(34(3,4)5)39-33(46)40-36(18-13-11-14-19-36)25-17-12-15-21-49(25,47)48/h9,23-27,29H,2,8,10-22H2,1,3-7H3,(H,37,44)(H,38,43)(H2,39,40,46)/t23-,24+,25-,26-,27+,29-/m1/s1. The highest BCUT2D eigenvalue weighted by Gasteiger charge is 2.70. The van der Waals surface area contributed by atoms with Crippen LogP contribution in [0.3, 0.4) is 0 Å². The lowest BCUT2D eigenvalue weighted by molar-refractivity contribution is -0.145. The van der Waals surface area contributed by atoms with Gasteiger partial charge in [0.05, 0.1) is 22.6 Å². The Labute approximate surface area is 292 Å². The van der Waals surface area contributed by atoms with Gasteiger partial charge in [0.15, 0.2) is 9.84 Å². The monoisotopic (exact) mass is 705 g/mol. The van der Waals surface area contributed by atoms with Gasteiger partial charge in [-0.1, -0.05) is 86.1 Å². The molecule has 6 atom stereocenters. The van der Waals surface area contributed by atoms with Crippen LogP contribution in [0.1, 0.15) is 112 Å². The van der Waals surface area contributed by atoms with E-state index in [1.54, 1.807) is 0 Å². The Hall–Kier alpha value is -2.96. The van der Waals surface area contributed by atoms with Gasteiger partial charge in [-0.2, -0.15) is 0 Å². The molecule has 4 rings (SSSR count). The molecule has 49 heavy (non-hydrogen) atoms. The first-order valence-electron chi connectivity index (χ1n) is 18.3. The molecule has 4 aliphatic rings. The van der Waals surface area contributed by atoms with E-state index in [1.165, 1.54) is 11.0 Å². The minimum absolute atomic E-state index is 0.0596. The maximum Gasteiger partial charge on any atom is 0.315 e. The van der Waals surface area contributed by atoms with Crippen LogP contribution < -0.4 is 21.3 Å². The third kappa shape index (κ3) is 8.34. The SMILES string of the molecule is C=CCNC(=O)C(=O)[C@H](CCCC)NC(=O)[C@@H]1[C@H]2[C@@H](CN1C(=O)[C@@H](NC(=O)NC1([C@H]3CCCCS3(=O)=O)CCCCC1)C(C)(C)C)C2(C)C. The van der Waals surface area contributed by atoms with Crippen LogP contribution in [-0.4, -0.2) is 90.6 Å². The van der Waals surface area contributed by atoms with Gasteiger partial charge in [-0.15, -0.1) is 6.58 Å². The highest BCUT2D eigenvalue weighted by Crippen LogP contribution is 2.65. The maximum atomic E-state index is 14.5. The molecule has 4 N–H and O–H groups in total. The number of unbranched alkanes of at least 4 members (excludes halogenated alkanes) is 1. The lowest BCUT2D eigenvalue weighted by Gasteiger charge is -2.45. The molecule has 0 aromatic carbocycles. The van der Waals surface area contributed by atoms with Gasteiger partial charge in [-0.05, 0) is 54.8 Å². The molecule has 0 aromatic rings. The number of amides is 5. The van der Waals surface area contributed by atoms with Crippen LogP contribution in [0, 0.1) is 22.7 Å². The van der Waals surface area contributed by atoms with Crippen molar-refractivity contribution in [2.24, 2.45) is 22.7 Å². The molecular formula is C36H59N5O7S. The molecule has 0 unspecified atom stereocenters. The van der Waals surface area contributed by atoms with Crippen LogP contribution in [0.5, 0.6) is 0 Å². The van der Waals surface area contributed by atoms with Crippen LogP contribution in [0.2, 0.25) is 0 Å². The van der Waals surface area contributed by atoms with Gasteiger partial charge in [0.25, 0.3) is 5.91 Å². The van der Waals surface area contributed by atoms with Crippen molar-refractivity contribution in [1.29, 1.82) is 0 Å². The molecule has 0 bridgehead atoms. The third-order valence-corrected chi connectivity index (χ3v) is 14.0. The number of fused-ring (bicyclic) bond motifs is 1. The average Bonchev–Trinajstić information content (AvgIpc) is 3.33. The normalized spacial score (nSPS) is 27.8. The van der Waals surface area contributed by atoms with Gasteiger partial charge in [0.1, 0.15) is 12.1 Å².